The summed E-state index contributed by atoms with van der Waals surface area (Å²) in [7, 11) is 0. The topological polar surface area (TPSA) is 446 Å². The maximum atomic E-state index is 13.5. The van der Waals surface area contributed by atoms with Gasteiger partial charge in [-0.25, -0.2) is 59.8 Å². The third kappa shape index (κ3) is 17.9. The van der Waals surface area contributed by atoms with E-state index in [1.54, 1.807) is 78.9 Å². The van der Waals surface area contributed by atoms with E-state index in [9.17, 15) is 28.8 Å². The highest BCUT2D eigenvalue weighted by atomic mass is 16.4. The van der Waals surface area contributed by atoms with Crippen molar-refractivity contribution in [2.24, 2.45) is 0 Å². The monoisotopic (exact) mass is 1970 g/mol. The van der Waals surface area contributed by atoms with Crippen LogP contribution in [0.25, 0.3) is 201 Å². The molecule has 0 radical (unpaired) electrons. The maximum Gasteiger partial charge on any atom is 0.269 e. The second-order valence-electron chi connectivity index (χ2n) is 37.6. The van der Waals surface area contributed by atoms with E-state index in [1.165, 1.54) is 28.8 Å². The lowest BCUT2D eigenvalue weighted by Crippen LogP contribution is -2.41. The third-order valence-corrected chi connectivity index (χ3v) is 28.1. The Hall–Kier alpha value is -19.1. The number of hydrogen-bond donors (Lipinski definition) is 6. The molecule has 0 aliphatic heterocycles. The summed E-state index contributed by atoms with van der Waals surface area (Å²) in [6.45, 7) is 36.2. The van der Waals surface area contributed by atoms with E-state index in [4.69, 9.17) is 73.1 Å². The summed E-state index contributed by atoms with van der Waals surface area (Å²) in [4.78, 5) is 141. The molecule has 14 aromatic carbocycles. The van der Waals surface area contributed by atoms with E-state index in [0.717, 1.165) is 100 Å². The van der Waals surface area contributed by atoms with Gasteiger partial charge in [0.15, 0.2) is 0 Å². The fourth-order valence-electron chi connectivity index (χ4n) is 18.3. The minimum atomic E-state index is -0.606. The van der Waals surface area contributed by atoms with Crippen LogP contribution in [0.15, 0.2) is 195 Å². The summed E-state index contributed by atoms with van der Waals surface area (Å²) >= 11 is 0. The molecule has 6 N–H and O–H groups in total. The van der Waals surface area contributed by atoms with Gasteiger partial charge in [0.2, 0.25) is 35.3 Å². The van der Waals surface area contributed by atoms with Crippen LogP contribution in [0.1, 0.15) is 177 Å². The molecule has 0 aliphatic carbocycles. The Labute approximate surface area is 851 Å². The van der Waals surface area contributed by atoms with Gasteiger partial charge in [0, 0.05) is 66.8 Å². The van der Waals surface area contributed by atoms with Crippen LogP contribution in [0.4, 0.5) is 0 Å². The van der Waals surface area contributed by atoms with Gasteiger partial charge in [0.05, 0.1) is 66.2 Å². The molecule has 23 aromatic rings. The van der Waals surface area contributed by atoms with Gasteiger partial charge in [-0.05, 0) is 407 Å². The fourth-order valence-corrected chi connectivity index (χ4v) is 18.3. The molecule has 33 heteroatoms. The largest absolute Gasteiger partial charge is 0.416 e. The van der Waals surface area contributed by atoms with Crippen LogP contribution < -0.4 is 32.6 Å². The first-order valence-corrected chi connectivity index (χ1v) is 47.4. The molecule has 0 aliphatic rings. The van der Waals surface area contributed by atoms with Crippen LogP contribution in [-0.2, 0) is 0 Å². The van der Waals surface area contributed by atoms with Gasteiger partial charge in [-0.3, -0.25) is 61.3 Å². The van der Waals surface area contributed by atoms with Crippen molar-refractivity contribution in [3.63, 3.8) is 0 Å². The van der Waals surface area contributed by atoms with E-state index in [1.807, 2.05) is 117 Å². The predicted octanol–water partition coefficient (Wildman–Crippen LogP) is 22.2. The normalized spacial score (nSPS) is 11.5. The number of aromatic nitrogens is 18. The molecule has 9 heterocycles. The molecule has 0 bridgehead atoms. The molecule has 0 saturated heterocycles. The van der Waals surface area contributed by atoms with Gasteiger partial charge in [-0.1, -0.05) is 14.9 Å². The average molecular weight is 1970 g/mol. The minimum Gasteiger partial charge on any atom is -0.416 e. The number of fused-ring (bicyclic) bond motifs is 18. The van der Waals surface area contributed by atoms with E-state index < -0.39 is 35.4 Å². The van der Waals surface area contributed by atoms with Gasteiger partial charge in [0.25, 0.3) is 35.4 Å². The number of aryl methyl sites for hydroxylation is 12. The molecule has 0 spiro atoms. The Balaban J connectivity index is 0.000000178. The summed E-state index contributed by atoms with van der Waals surface area (Å²) in [5, 5.41) is 26.6. The zero-order chi connectivity index (χ0) is 102. The van der Waals surface area contributed by atoms with Crippen molar-refractivity contribution >= 4 is 168 Å². The Bertz CT molecular complexity index is 9660. The van der Waals surface area contributed by atoms with Gasteiger partial charge in [-0.2, -0.15) is 0 Å². The number of carbonyl (C=O) groups excluding carboxylic acids is 6. The molecule has 33 nitrogen and oxygen atoms in total. The standard InChI is InChI=1S/C57H48N12O6.C57H42N12O3.2CH4/c1-25-16-37(17-26(2)31(25)7)55(73)67-64-52(70)34-10-13-40-43(22-34)61-49-46(58-40)47-50(62-44-23-35(11-14-41(44)59-47)53(71)65-68-56(74)38-18-27(3)32(8)28(4)19-38)51-48(49)60-42-15-12-36(24-45(42)63-51)54(72)66-69-57(75)39-20-29(5)33(9)30(6)21-39;1-25-16-37(17-26(2)31(25)7)55-67-64-52(70-55)34-10-13-40-43(22-34)61-49-46(58-40)47-50(62-44-23-35(11-14-41(44)59-47)53-65-68-56(71-53)38-18-27(3)32(8)28(4)19-38)51-48(49)60-42-15-12-36(24-45(42)63-51)54-66-69-57(72-54)39-20-29(5)33(9)30(6)21-39;;/h10-24H,1-9H3,(H,64,70)(H,65,71)(H,66,72)(H,67,73)(H,68,74)(H,69,75);10-24H,1-9H3;2*1H4. The zero-order valence-electron chi connectivity index (χ0n) is 83.0. The van der Waals surface area contributed by atoms with Gasteiger partial charge >= 0.3 is 0 Å². The first-order valence-electron chi connectivity index (χ1n) is 47.4. The van der Waals surface area contributed by atoms with Crippen LogP contribution in [0.2, 0.25) is 0 Å². The maximum absolute atomic E-state index is 13.5. The van der Waals surface area contributed by atoms with Crippen LogP contribution in [0.5, 0.6) is 0 Å². The van der Waals surface area contributed by atoms with E-state index in [2.05, 4.69) is 162 Å². The van der Waals surface area contributed by atoms with Crippen LogP contribution in [0, 0.1) is 125 Å². The molecule has 0 unspecified atom stereocenters. The quantitative estimate of drug-likeness (QED) is 0.0376. The molecule has 0 atom stereocenters. The first kappa shape index (κ1) is 97.4. The molecule has 149 heavy (non-hydrogen) atoms. The minimum absolute atomic E-state index is 0. The Morgan fingerprint density at radius 1 is 0.168 bits per heavy atom. The van der Waals surface area contributed by atoms with Crippen molar-refractivity contribution in [2.75, 3.05) is 0 Å². The van der Waals surface area contributed by atoms with E-state index in [-0.39, 0.29) is 53.6 Å². The van der Waals surface area contributed by atoms with E-state index >= 15 is 0 Å². The van der Waals surface area contributed by atoms with Crippen molar-refractivity contribution in [3.05, 3.63) is 316 Å². The average Bonchev–Trinajstić information content (AvgIpc) is 1.42. The summed E-state index contributed by atoms with van der Waals surface area (Å²) in [5.74, 6) is -0.866. The lowest BCUT2D eigenvalue weighted by molar-refractivity contribution is 0.0846. The molecular formula is C116H98N24O9. The zero-order valence-corrected chi connectivity index (χ0v) is 83.0. The highest BCUT2D eigenvalue weighted by Crippen LogP contribution is 2.41. The smallest absolute Gasteiger partial charge is 0.269 e. The Morgan fingerprint density at radius 3 is 0.503 bits per heavy atom. The molecule has 6 amide bonds. The number of nitrogens with zero attached hydrogens (tertiary/aromatic N) is 18. The molecule has 0 saturated carbocycles. The lowest BCUT2D eigenvalue weighted by atomic mass is 10.0. The second-order valence-corrected chi connectivity index (χ2v) is 37.6. The molecule has 736 valence electrons. The number of hydrazine groups is 3. The van der Waals surface area contributed by atoms with Gasteiger partial charge < -0.3 is 13.3 Å². The number of benzene rings is 14. The summed E-state index contributed by atoms with van der Waals surface area (Å²) in [6.07, 6.45) is 0. The molecular weight excluding hydrogens is 1870 g/mol. The third-order valence-electron chi connectivity index (χ3n) is 28.1. The van der Waals surface area contributed by atoms with Crippen LogP contribution >= 0.6 is 0 Å². The second kappa shape index (κ2) is 37.9. The Kier molecular flexibility index (Phi) is 24.8. The Morgan fingerprint density at radius 2 is 0.315 bits per heavy atom. The molecule has 9 aromatic heterocycles. The van der Waals surface area contributed by atoms with Gasteiger partial charge in [0.1, 0.15) is 66.2 Å². The van der Waals surface area contributed by atoms with Crippen molar-refractivity contribution in [1.29, 1.82) is 0 Å². The highest BCUT2D eigenvalue weighted by Gasteiger charge is 2.28. The van der Waals surface area contributed by atoms with Crippen molar-refractivity contribution < 1.29 is 42.0 Å². The predicted molar refractivity (Wildman–Crippen MR) is 576 cm³/mol. The SMILES string of the molecule is C.C.Cc1cc(-c2nnc(-c3ccc4nc5c6nc7ccc(-c8nnc(-c9cc(C)c(C)c(C)c9)o8)cc7nc6c6nc7cc(-c8nnc(-c9cc(C)c(C)c(C)c9)o8)ccc7nc6c5nc4c3)o2)cc(C)c1C.Cc1cc(C(=O)NNC(=O)c2ccc3nc4c5nc6ccc(C(=O)NNC(=O)c7cc(C)c(C)c(C)c7)cc6nc5c5nc6cc(C(=O)NNC(=O)c7cc(C)c(C)c(C)c7)ccc6nc5c4nc3c2)cc(C)c1C. The number of hydrogen-bond acceptors (Lipinski definition) is 27. The van der Waals surface area contributed by atoms with Crippen molar-refractivity contribution in [2.45, 2.75) is 139 Å². The van der Waals surface area contributed by atoms with Crippen LogP contribution in [0.3, 0.4) is 0 Å². The van der Waals surface area contributed by atoms with Gasteiger partial charge in [-0.15, -0.1) is 30.6 Å². The number of amides is 6. The molecule has 0 fully saturated rings. The summed E-state index contributed by atoms with van der Waals surface area (Å²) in [6, 6.07) is 54.1. The summed E-state index contributed by atoms with van der Waals surface area (Å²) in [5.41, 5.74) is 51.3. The van der Waals surface area contributed by atoms with E-state index in [0.29, 0.717) is 179 Å². The van der Waals surface area contributed by atoms with Crippen molar-refractivity contribution in [1.82, 2.24) is 123 Å². The fraction of sp³-hybridized carbons (Fsp3) is 0.172. The number of nitrogens with one attached hydrogen (secondary N) is 6. The lowest BCUT2D eigenvalue weighted by Gasteiger charge is -2.13. The highest BCUT2D eigenvalue weighted by molar-refractivity contribution is 6.23. The van der Waals surface area contributed by atoms with Crippen LogP contribution in [-0.4, -0.2) is 126 Å². The summed E-state index contributed by atoms with van der Waals surface area (Å²) < 4.78 is 18.8. The number of carbonyl (C=O) groups is 6. The molecule has 23 rings (SSSR count). The number of rotatable bonds is 12. The van der Waals surface area contributed by atoms with Crippen molar-refractivity contribution in [3.8, 4) is 68.7 Å². The first-order chi connectivity index (χ1) is 70.6.